The first kappa shape index (κ1) is 26.4. The maximum atomic E-state index is 13.0. The van der Waals surface area contributed by atoms with Gasteiger partial charge in [-0.05, 0) is 83.5 Å². The van der Waals surface area contributed by atoms with Gasteiger partial charge >= 0.3 is 6.09 Å². The van der Waals surface area contributed by atoms with Crippen LogP contribution in [0.5, 0.6) is 5.75 Å². The number of hydrogen-bond acceptors (Lipinski definition) is 6. The zero-order chi connectivity index (χ0) is 24.8. The number of nitrogens with zero attached hydrogens (tertiary/aromatic N) is 1. The van der Waals surface area contributed by atoms with Crippen LogP contribution in [0.2, 0.25) is 0 Å². The van der Waals surface area contributed by atoms with Crippen LogP contribution in [0.4, 0.5) is 4.79 Å². The number of ether oxygens (including phenoxy) is 1. The first-order valence-corrected chi connectivity index (χ1v) is 11.5. The van der Waals surface area contributed by atoms with Crippen molar-refractivity contribution in [1.29, 1.82) is 0 Å². The van der Waals surface area contributed by atoms with E-state index in [-0.39, 0.29) is 24.1 Å². The highest BCUT2D eigenvalue weighted by atomic mass is 16.6. The number of hydrogen-bond donors (Lipinski definition) is 4. The molecule has 0 aliphatic carbocycles. The summed E-state index contributed by atoms with van der Waals surface area (Å²) in [5.41, 5.74) is 7.29. The van der Waals surface area contributed by atoms with Crippen LogP contribution >= 0.6 is 0 Å². The highest BCUT2D eigenvalue weighted by Gasteiger charge is 2.37. The van der Waals surface area contributed by atoms with Gasteiger partial charge in [-0.1, -0.05) is 12.1 Å². The molecule has 1 heterocycles. The number of nitrogens with one attached hydrogen (secondary N) is 2. The van der Waals surface area contributed by atoms with Gasteiger partial charge in [0, 0.05) is 13.1 Å². The molecule has 0 saturated carbocycles. The number of benzene rings is 1. The molecule has 9 heteroatoms. The zero-order valence-electron chi connectivity index (χ0n) is 20.4. The molecule has 1 fully saturated rings. The van der Waals surface area contributed by atoms with Crippen molar-refractivity contribution >= 4 is 17.9 Å². The summed E-state index contributed by atoms with van der Waals surface area (Å²) >= 11 is 0. The van der Waals surface area contributed by atoms with Crippen LogP contribution in [0.1, 0.15) is 63.1 Å². The lowest BCUT2D eigenvalue weighted by atomic mass is 10.1. The maximum Gasteiger partial charge on any atom is 0.410 e. The van der Waals surface area contributed by atoms with Crippen molar-refractivity contribution in [2.75, 3.05) is 13.1 Å². The van der Waals surface area contributed by atoms with Crippen LogP contribution in [0.15, 0.2) is 12.1 Å². The molecule has 2 atom stereocenters. The zero-order valence-corrected chi connectivity index (χ0v) is 20.4. The van der Waals surface area contributed by atoms with Gasteiger partial charge in [0.1, 0.15) is 23.4 Å². The molecule has 0 spiro atoms. The molecule has 0 bridgehead atoms. The van der Waals surface area contributed by atoms with Gasteiger partial charge in [-0.25, -0.2) is 4.79 Å². The Bertz CT molecular complexity index is 842. The Balaban J connectivity index is 2.04. The molecule has 2 rings (SSSR count). The fraction of sp³-hybridized carbons (Fsp3) is 0.625. The van der Waals surface area contributed by atoms with E-state index >= 15 is 0 Å². The standard InChI is InChI=1S/C24H38N4O5/c1-15-12-17(13-16(2)20(15)29)14-26-21(30)18(8-6-10-25)27-22(31)19-9-7-11-28(19)23(32)33-24(3,4)5/h12-13,18-19,29H,6-11,14,25H2,1-5H3,(H,26,30)(H,27,31)/t18?,19-/m0/s1. The molecule has 1 saturated heterocycles. The maximum absolute atomic E-state index is 13.0. The predicted molar refractivity (Wildman–Crippen MR) is 126 cm³/mol. The lowest BCUT2D eigenvalue weighted by Gasteiger charge is -2.29. The van der Waals surface area contributed by atoms with E-state index in [9.17, 15) is 19.5 Å². The quantitative estimate of drug-likeness (QED) is 0.468. The minimum atomic E-state index is -0.763. The van der Waals surface area contributed by atoms with E-state index < -0.39 is 23.8 Å². The van der Waals surface area contributed by atoms with Crippen LogP contribution < -0.4 is 16.4 Å². The second-order valence-electron chi connectivity index (χ2n) is 9.62. The summed E-state index contributed by atoms with van der Waals surface area (Å²) < 4.78 is 5.43. The molecule has 1 aromatic rings. The van der Waals surface area contributed by atoms with E-state index in [1.807, 2.05) is 12.1 Å². The van der Waals surface area contributed by atoms with Crippen molar-refractivity contribution in [2.24, 2.45) is 5.73 Å². The fourth-order valence-corrected chi connectivity index (χ4v) is 3.90. The number of carbonyl (C=O) groups is 3. The number of nitrogens with two attached hydrogens (primary N) is 1. The summed E-state index contributed by atoms with van der Waals surface area (Å²) in [6, 6.07) is 2.19. The van der Waals surface area contributed by atoms with E-state index in [0.29, 0.717) is 38.8 Å². The lowest BCUT2D eigenvalue weighted by molar-refractivity contribution is -0.131. The van der Waals surface area contributed by atoms with Crippen molar-refractivity contribution in [3.8, 4) is 5.75 Å². The highest BCUT2D eigenvalue weighted by molar-refractivity contribution is 5.91. The molecule has 9 nitrogen and oxygen atoms in total. The minimum Gasteiger partial charge on any atom is -0.507 e. The smallest absolute Gasteiger partial charge is 0.410 e. The number of likely N-dealkylation sites (tertiary alicyclic amines) is 1. The molecular formula is C24H38N4O5. The molecule has 1 unspecified atom stereocenters. The fourth-order valence-electron chi connectivity index (χ4n) is 3.90. The van der Waals surface area contributed by atoms with Crippen LogP contribution in [0.25, 0.3) is 0 Å². The molecule has 5 N–H and O–H groups in total. The van der Waals surface area contributed by atoms with E-state index in [1.54, 1.807) is 34.6 Å². The summed E-state index contributed by atoms with van der Waals surface area (Å²) in [5, 5.41) is 15.6. The minimum absolute atomic E-state index is 0.240. The second-order valence-corrected chi connectivity index (χ2v) is 9.62. The van der Waals surface area contributed by atoms with E-state index in [4.69, 9.17) is 10.5 Å². The average Bonchev–Trinajstić information content (AvgIpc) is 3.22. The topological polar surface area (TPSA) is 134 Å². The Kier molecular flexibility index (Phi) is 9.10. The van der Waals surface area contributed by atoms with Crippen molar-refractivity contribution in [1.82, 2.24) is 15.5 Å². The third-order valence-corrected chi connectivity index (χ3v) is 5.53. The third kappa shape index (κ3) is 7.63. The van der Waals surface area contributed by atoms with E-state index in [1.165, 1.54) is 4.90 Å². The van der Waals surface area contributed by atoms with Crippen molar-refractivity contribution < 1.29 is 24.2 Å². The van der Waals surface area contributed by atoms with Gasteiger partial charge in [-0.2, -0.15) is 0 Å². The van der Waals surface area contributed by atoms with Gasteiger partial charge in [0.15, 0.2) is 0 Å². The summed E-state index contributed by atoms with van der Waals surface area (Å²) in [6.07, 6.45) is 1.64. The molecule has 1 aliphatic heterocycles. The van der Waals surface area contributed by atoms with Crippen molar-refractivity contribution in [3.63, 3.8) is 0 Å². The summed E-state index contributed by atoms with van der Waals surface area (Å²) in [4.78, 5) is 39.8. The molecule has 1 aromatic carbocycles. The van der Waals surface area contributed by atoms with Gasteiger partial charge < -0.3 is 26.2 Å². The number of amides is 3. The summed E-state index contributed by atoms with van der Waals surface area (Å²) in [5.74, 6) is -0.446. The predicted octanol–water partition coefficient (Wildman–Crippen LogP) is 2.25. The highest BCUT2D eigenvalue weighted by Crippen LogP contribution is 2.23. The molecule has 0 radical (unpaired) electrons. The molecular weight excluding hydrogens is 424 g/mol. The van der Waals surface area contributed by atoms with Gasteiger partial charge in [-0.3, -0.25) is 14.5 Å². The molecule has 33 heavy (non-hydrogen) atoms. The first-order valence-electron chi connectivity index (χ1n) is 11.5. The Morgan fingerprint density at radius 3 is 2.45 bits per heavy atom. The first-order chi connectivity index (χ1) is 15.4. The normalized spacial score (nSPS) is 16.9. The third-order valence-electron chi connectivity index (χ3n) is 5.53. The van der Waals surface area contributed by atoms with Gasteiger partial charge in [0.25, 0.3) is 0 Å². The number of rotatable bonds is 8. The number of aromatic hydroxyl groups is 1. The lowest BCUT2D eigenvalue weighted by Crippen LogP contribution is -2.53. The van der Waals surface area contributed by atoms with Gasteiger partial charge in [0.2, 0.25) is 11.8 Å². The number of phenolic OH excluding ortho intramolecular Hbond substituents is 1. The Morgan fingerprint density at radius 1 is 1.24 bits per heavy atom. The monoisotopic (exact) mass is 462 g/mol. The summed E-state index contributed by atoms with van der Waals surface area (Å²) in [7, 11) is 0. The van der Waals surface area contributed by atoms with E-state index in [0.717, 1.165) is 16.7 Å². The number of phenols is 1. The van der Waals surface area contributed by atoms with Gasteiger partial charge in [-0.15, -0.1) is 0 Å². The van der Waals surface area contributed by atoms with Crippen molar-refractivity contribution in [3.05, 3.63) is 28.8 Å². The van der Waals surface area contributed by atoms with Crippen LogP contribution in [0, 0.1) is 13.8 Å². The van der Waals surface area contributed by atoms with Crippen molar-refractivity contribution in [2.45, 2.75) is 84.5 Å². The molecule has 184 valence electrons. The van der Waals surface area contributed by atoms with Crippen LogP contribution in [-0.4, -0.2) is 58.7 Å². The molecule has 0 aromatic heterocycles. The van der Waals surface area contributed by atoms with E-state index in [2.05, 4.69) is 10.6 Å². The Morgan fingerprint density at radius 2 is 1.88 bits per heavy atom. The molecule has 1 aliphatic rings. The largest absolute Gasteiger partial charge is 0.507 e. The number of aryl methyl sites for hydroxylation is 2. The molecule has 3 amide bonds. The van der Waals surface area contributed by atoms with Gasteiger partial charge in [0.05, 0.1) is 0 Å². The summed E-state index contributed by atoms with van der Waals surface area (Å²) in [6.45, 7) is 10.0. The second kappa shape index (κ2) is 11.4. The Labute approximate surface area is 196 Å². The SMILES string of the molecule is Cc1cc(CNC(=O)C(CCCN)NC(=O)[C@@H]2CCCN2C(=O)OC(C)(C)C)cc(C)c1O. The van der Waals surface area contributed by atoms with Crippen LogP contribution in [-0.2, 0) is 20.9 Å². The van der Waals surface area contributed by atoms with Crippen LogP contribution in [0.3, 0.4) is 0 Å². The average molecular weight is 463 g/mol. The Hall–Kier alpha value is -2.81. The number of carbonyl (C=O) groups excluding carboxylic acids is 3.